The zero-order valence-electron chi connectivity index (χ0n) is 17.4. The Kier molecular flexibility index (Phi) is 7.00. The van der Waals surface area contributed by atoms with Crippen LogP contribution in [0.2, 0.25) is 5.02 Å². The van der Waals surface area contributed by atoms with Crippen molar-refractivity contribution in [2.45, 2.75) is 6.42 Å². The molecule has 0 saturated carbocycles. The summed E-state index contributed by atoms with van der Waals surface area (Å²) in [6.45, 7) is 7.18. The van der Waals surface area contributed by atoms with Gasteiger partial charge in [-0.25, -0.2) is 4.98 Å². The number of anilines is 2. The number of nitrogens with one attached hydrogen (secondary N) is 2. The minimum Gasteiger partial charge on any atom is -0.368 e. The number of likely N-dealkylation sites (N-methyl/N-ethyl adjacent to an activating group) is 1. The lowest BCUT2D eigenvalue weighted by molar-refractivity contribution is 0.158. The maximum Gasteiger partial charge on any atom is 0.225 e. The first kappa shape index (κ1) is 20.8. The zero-order valence-corrected chi connectivity index (χ0v) is 18.2. The summed E-state index contributed by atoms with van der Waals surface area (Å²) >= 11 is 5.96. The van der Waals surface area contributed by atoms with Gasteiger partial charge in [-0.1, -0.05) is 35.9 Å². The maximum absolute atomic E-state index is 5.96. The molecule has 158 valence electrons. The molecule has 3 aromatic rings. The van der Waals surface area contributed by atoms with Gasteiger partial charge in [-0.15, -0.1) is 0 Å². The van der Waals surface area contributed by atoms with Crippen LogP contribution in [0.25, 0.3) is 10.9 Å². The number of hydrogen-bond acceptors (Lipinski definition) is 6. The molecule has 4 rings (SSSR count). The molecule has 0 aliphatic carbocycles. The minimum absolute atomic E-state index is 0.657. The van der Waals surface area contributed by atoms with Gasteiger partial charge in [-0.05, 0) is 43.3 Å². The molecular formula is C23H29ClN6. The topological polar surface area (TPSA) is 56.3 Å². The Hall–Kier alpha value is -2.41. The number of fused-ring (bicyclic) bond motifs is 1. The second-order valence-electron chi connectivity index (χ2n) is 7.79. The van der Waals surface area contributed by atoms with Gasteiger partial charge in [0.1, 0.15) is 5.82 Å². The Morgan fingerprint density at radius 2 is 1.67 bits per heavy atom. The fourth-order valence-corrected chi connectivity index (χ4v) is 3.79. The first-order valence-corrected chi connectivity index (χ1v) is 10.9. The summed E-state index contributed by atoms with van der Waals surface area (Å²) in [5, 5.41) is 8.73. The van der Waals surface area contributed by atoms with Crippen LogP contribution in [0.4, 0.5) is 11.8 Å². The van der Waals surface area contributed by atoms with Crippen molar-refractivity contribution in [3.63, 3.8) is 0 Å². The summed E-state index contributed by atoms with van der Waals surface area (Å²) in [5.74, 6) is 1.55. The van der Waals surface area contributed by atoms with Crippen molar-refractivity contribution in [3.05, 3.63) is 59.1 Å². The molecule has 30 heavy (non-hydrogen) atoms. The monoisotopic (exact) mass is 424 g/mol. The number of para-hydroxylation sites is 1. The van der Waals surface area contributed by atoms with Gasteiger partial charge in [0, 0.05) is 56.2 Å². The van der Waals surface area contributed by atoms with Crippen LogP contribution in [-0.2, 0) is 6.42 Å². The van der Waals surface area contributed by atoms with E-state index in [4.69, 9.17) is 16.6 Å². The highest BCUT2D eigenvalue weighted by molar-refractivity contribution is 6.30. The molecule has 0 radical (unpaired) electrons. The van der Waals surface area contributed by atoms with Crippen molar-refractivity contribution in [1.82, 2.24) is 19.8 Å². The highest BCUT2D eigenvalue weighted by Gasteiger charge is 2.13. The molecular weight excluding hydrogens is 396 g/mol. The van der Waals surface area contributed by atoms with Crippen LogP contribution in [0, 0.1) is 0 Å². The van der Waals surface area contributed by atoms with Crippen molar-refractivity contribution in [2.24, 2.45) is 0 Å². The summed E-state index contributed by atoms with van der Waals surface area (Å²) in [5.41, 5.74) is 2.18. The van der Waals surface area contributed by atoms with Gasteiger partial charge >= 0.3 is 0 Å². The first-order chi connectivity index (χ1) is 14.7. The Balaban J connectivity index is 1.38. The van der Waals surface area contributed by atoms with E-state index in [1.807, 2.05) is 30.3 Å². The molecule has 0 atom stereocenters. The SMILES string of the molecule is CN1CCN(CCNc2nc(NCCc3ccc(Cl)cc3)nc3ccccc23)CC1. The number of aromatic nitrogens is 2. The predicted molar refractivity (Wildman–Crippen MR) is 126 cm³/mol. The molecule has 7 heteroatoms. The maximum atomic E-state index is 5.96. The number of rotatable bonds is 8. The normalized spacial score (nSPS) is 15.4. The first-order valence-electron chi connectivity index (χ1n) is 10.6. The highest BCUT2D eigenvalue weighted by Crippen LogP contribution is 2.21. The van der Waals surface area contributed by atoms with E-state index in [0.29, 0.717) is 5.95 Å². The van der Waals surface area contributed by atoms with E-state index in [9.17, 15) is 0 Å². The molecule has 0 unspecified atom stereocenters. The molecule has 2 aromatic carbocycles. The summed E-state index contributed by atoms with van der Waals surface area (Å²) in [6, 6.07) is 16.1. The molecule has 1 aromatic heterocycles. The summed E-state index contributed by atoms with van der Waals surface area (Å²) in [6.07, 6.45) is 0.888. The van der Waals surface area contributed by atoms with Crippen molar-refractivity contribution in [1.29, 1.82) is 0 Å². The number of hydrogen-bond donors (Lipinski definition) is 2. The van der Waals surface area contributed by atoms with E-state index in [0.717, 1.165) is 74.0 Å². The van der Waals surface area contributed by atoms with Crippen molar-refractivity contribution in [3.8, 4) is 0 Å². The van der Waals surface area contributed by atoms with E-state index in [1.54, 1.807) is 0 Å². The Morgan fingerprint density at radius 3 is 2.47 bits per heavy atom. The molecule has 1 saturated heterocycles. The van der Waals surface area contributed by atoms with E-state index >= 15 is 0 Å². The fourth-order valence-electron chi connectivity index (χ4n) is 3.66. The highest BCUT2D eigenvalue weighted by atomic mass is 35.5. The average molecular weight is 425 g/mol. The number of piperazine rings is 1. The smallest absolute Gasteiger partial charge is 0.225 e. The number of halogens is 1. The van der Waals surface area contributed by atoms with E-state index in [-0.39, 0.29) is 0 Å². The molecule has 1 aliphatic rings. The molecule has 2 N–H and O–H groups in total. The van der Waals surface area contributed by atoms with Crippen LogP contribution in [0.1, 0.15) is 5.56 Å². The third-order valence-electron chi connectivity index (χ3n) is 5.53. The van der Waals surface area contributed by atoms with Crippen molar-refractivity contribution < 1.29 is 0 Å². The molecule has 0 amide bonds. The fraction of sp³-hybridized carbons (Fsp3) is 0.391. The number of nitrogens with zero attached hydrogens (tertiary/aromatic N) is 4. The minimum atomic E-state index is 0.657. The second-order valence-corrected chi connectivity index (χ2v) is 8.22. The largest absolute Gasteiger partial charge is 0.368 e. The van der Waals surface area contributed by atoms with Crippen LogP contribution in [0.5, 0.6) is 0 Å². The molecule has 1 fully saturated rings. The molecule has 1 aliphatic heterocycles. The Morgan fingerprint density at radius 1 is 0.900 bits per heavy atom. The van der Waals surface area contributed by atoms with Crippen molar-refractivity contribution in [2.75, 3.05) is 63.5 Å². The Bertz CT molecular complexity index is 954. The average Bonchev–Trinajstić information content (AvgIpc) is 2.76. The van der Waals surface area contributed by atoms with Crippen LogP contribution in [0.15, 0.2) is 48.5 Å². The van der Waals surface area contributed by atoms with Gasteiger partial charge in [0.15, 0.2) is 0 Å². The lowest BCUT2D eigenvalue weighted by atomic mass is 10.1. The van der Waals surface area contributed by atoms with E-state index < -0.39 is 0 Å². The lowest BCUT2D eigenvalue weighted by Crippen LogP contribution is -2.45. The van der Waals surface area contributed by atoms with E-state index in [1.165, 1.54) is 5.56 Å². The summed E-state index contributed by atoms with van der Waals surface area (Å²) in [4.78, 5) is 14.3. The third kappa shape index (κ3) is 5.59. The lowest BCUT2D eigenvalue weighted by Gasteiger charge is -2.32. The zero-order chi connectivity index (χ0) is 20.8. The summed E-state index contributed by atoms with van der Waals surface area (Å²) in [7, 11) is 2.18. The number of benzene rings is 2. The molecule has 6 nitrogen and oxygen atoms in total. The van der Waals surface area contributed by atoms with Crippen LogP contribution >= 0.6 is 11.6 Å². The van der Waals surface area contributed by atoms with Gasteiger partial charge < -0.3 is 15.5 Å². The van der Waals surface area contributed by atoms with Gasteiger partial charge in [-0.2, -0.15) is 4.98 Å². The van der Waals surface area contributed by atoms with Crippen LogP contribution in [-0.4, -0.2) is 72.6 Å². The molecule has 2 heterocycles. The standard InChI is InChI=1S/C23H29ClN6/c1-29-14-16-30(17-15-29)13-12-25-22-20-4-2-3-5-21(20)27-23(28-22)26-11-10-18-6-8-19(24)9-7-18/h2-9H,10-17H2,1H3,(H2,25,26,27,28). The summed E-state index contributed by atoms with van der Waals surface area (Å²) < 4.78 is 0. The third-order valence-corrected chi connectivity index (χ3v) is 5.78. The molecule has 0 spiro atoms. The van der Waals surface area contributed by atoms with Gasteiger partial charge in [0.2, 0.25) is 5.95 Å². The second kappa shape index (κ2) is 10.1. The predicted octanol–water partition coefficient (Wildman–Crippen LogP) is 3.60. The van der Waals surface area contributed by atoms with Crippen LogP contribution in [0.3, 0.4) is 0 Å². The van der Waals surface area contributed by atoms with Gasteiger partial charge in [0.25, 0.3) is 0 Å². The van der Waals surface area contributed by atoms with Gasteiger partial charge in [0.05, 0.1) is 5.52 Å². The van der Waals surface area contributed by atoms with E-state index in [2.05, 4.69) is 50.7 Å². The van der Waals surface area contributed by atoms with Crippen molar-refractivity contribution >= 4 is 34.3 Å². The molecule has 0 bridgehead atoms. The quantitative estimate of drug-likeness (QED) is 0.576. The van der Waals surface area contributed by atoms with Crippen LogP contribution < -0.4 is 10.6 Å². The Labute approximate surface area is 183 Å². The van der Waals surface area contributed by atoms with Gasteiger partial charge in [-0.3, -0.25) is 4.90 Å².